The highest BCUT2D eigenvalue weighted by Crippen LogP contribution is 2.16. The van der Waals surface area contributed by atoms with Gasteiger partial charge in [-0.15, -0.1) is 0 Å². The molecular weight excluding hydrogens is 315 g/mol. The van der Waals surface area contributed by atoms with Gasteiger partial charge in [-0.2, -0.15) is 0 Å². The summed E-state index contributed by atoms with van der Waals surface area (Å²) in [6.07, 6.45) is 4.99. The molecule has 0 bridgehead atoms. The minimum atomic E-state index is 0.0914. The van der Waals surface area contributed by atoms with Crippen molar-refractivity contribution in [1.82, 2.24) is 0 Å². The molecule has 0 saturated heterocycles. The zero-order valence-corrected chi connectivity index (χ0v) is 11.0. The fourth-order valence-corrected chi connectivity index (χ4v) is 2.17. The molecule has 0 amide bonds. The largest absolute Gasteiger partial charge is 0.369 e. The van der Waals surface area contributed by atoms with Gasteiger partial charge in [0.15, 0.2) is 5.78 Å². The number of allylic oxidation sites excluding steroid dienone is 1. The SMILES string of the molecule is O=C1C=CC(OCc2ccccc2I)CC1. The fraction of sp³-hybridized carbons (Fsp3) is 0.308. The molecule has 0 saturated carbocycles. The topological polar surface area (TPSA) is 26.3 Å². The van der Waals surface area contributed by atoms with E-state index in [0.717, 1.165) is 6.42 Å². The molecule has 0 spiro atoms. The van der Waals surface area contributed by atoms with E-state index in [1.807, 2.05) is 18.2 Å². The lowest BCUT2D eigenvalue weighted by atomic mass is 10.0. The van der Waals surface area contributed by atoms with E-state index in [9.17, 15) is 4.79 Å². The smallest absolute Gasteiger partial charge is 0.155 e. The van der Waals surface area contributed by atoms with Crippen LogP contribution in [0.2, 0.25) is 0 Å². The number of hydrogen-bond acceptors (Lipinski definition) is 2. The molecule has 2 nitrogen and oxygen atoms in total. The van der Waals surface area contributed by atoms with Crippen LogP contribution in [0.5, 0.6) is 0 Å². The molecule has 0 heterocycles. The number of hydrogen-bond donors (Lipinski definition) is 0. The van der Waals surface area contributed by atoms with Crippen LogP contribution in [0, 0.1) is 3.57 Å². The number of ether oxygens (including phenoxy) is 1. The second-order valence-electron chi connectivity index (χ2n) is 3.80. The maximum absolute atomic E-state index is 11.0. The first kappa shape index (κ1) is 11.8. The van der Waals surface area contributed by atoms with Gasteiger partial charge < -0.3 is 4.74 Å². The maximum atomic E-state index is 11.0. The Balaban J connectivity index is 1.91. The summed E-state index contributed by atoms with van der Waals surface area (Å²) in [5.74, 6) is 0.203. The monoisotopic (exact) mass is 328 g/mol. The Labute approximate surface area is 109 Å². The van der Waals surface area contributed by atoms with Crippen LogP contribution in [0.1, 0.15) is 18.4 Å². The lowest BCUT2D eigenvalue weighted by Gasteiger charge is -2.17. The van der Waals surface area contributed by atoms with Gasteiger partial charge in [0, 0.05) is 9.99 Å². The van der Waals surface area contributed by atoms with Gasteiger partial charge in [-0.1, -0.05) is 24.3 Å². The lowest BCUT2D eigenvalue weighted by Crippen LogP contribution is -2.16. The van der Waals surface area contributed by atoms with Crippen molar-refractivity contribution < 1.29 is 9.53 Å². The summed E-state index contributed by atoms with van der Waals surface area (Å²) in [7, 11) is 0. The Morgan fingerprint density at radius 3 is 2.88 bits per heavy atom. The average molecular weight is 328 g/mol. The zero-order valence-electron chi connectivity index (χ0n) is 8.86. The van der Waals surface area contributed by atoms with Crippen molar-refractivity contribution in [1.29, 1.82) is 0 Å². The summed E-state index contributed by atoms with van der Waals surface area (Å²) in [6, 6.07) is 8.17. The van der Waals surface area contributed by atoms with Crippen LogP contribution in [-0.2, 0) is 16.1 Å². The standard InChI is InChI=1S/C13H13IO2/c14-13-4-2-1-3-10(13)9-16-12-7-5-11(15)6-8-12/h1-5,7,12H,6,8-9H2. The highest BCUT2D eigenvalue weighted by Gasteiger charge is 2.13. The van der Waals surface area contributed by atoms with E-state index in [0.29, 0.717) is 13.0 Å². The summed E-state index contributed by atoms with van der Waals surface area (Å²) >= 11 is 2.31. The van der Waals surface area contributed by atoms with Crippen LogP contribution >= 0.6 is 22.6 Å². The Kier molecular flexibility index (Phi) is 4.12. The Bertz CT molecular complexity index is 412. The normalized spacial score (nSPS) is 20.1. The van der Waals surface area contributed by atoms with Gasteiger partial charge in [0.2, 0.25) is 0 Å². The molecule has 1 aromatic carbocycles. The second-order valence-corrected chi connectivity index (χ2v) is 4.97. The Morgan fingerprint density at radius 1 is 1.38 bits per heavy atom. The van der Waals surface area contributed by atoms with Gasteiger partial charge >= 0.3 is 0 Å². The van der Waals surface area contributed by atoms with Crippen LogP contribution < -0.4 is 0 Å². The summed E-state index contributed by atoms with van der Waals surface area (Å²) in [5, 5.41) is 0. The van der Waals surface area contributed by atoms with Crippen LogP contribution in [0.25, 0.3) is 0 Å². The minimum Gasteiger partial charge on any atom is -0.369 e. The van der Waals surface area contributed by atoms with E-state index < -0.39 is 0 Å². The molecule has 1 aliphatic rings. The number of benzene rings is 1. The van der Waals surface area contributed by atoms with Gasteiger partial charge in [0.1, 0.15) is 0 Å². The third-order valence-electron chi connectivity index (χ3n) is 2.58. The number of rotatable bonds is 3. The molecule has 1 aromatic rings. The van der Waals surface area contributed by atoms with E-state index >= 15 is 0 Å². The molecule has 0 aliphatic heterocycles. The molecule has 1 unspecified atom stereocenters. The Hall–Kier alpha value is -0.680. The molecule has 3 heteroatoms. The number of carbonyl (C=O) groups excluding carboxylic acids is 1. The van der Waals surface area contributed by atoms with Crippen LogP contribution in [0.4, 0.5) is 0 Å². The summed E-state index contributed by atoms with van der Waals surface area (Å²) in [4.78, 5) is 11.0. The fourth-order valence-electron chi connectivity index (χ4n) is 1.63. The first-order valence-electron chi connectivity index (χ1n) is 5.32. The van der Waals surface area contributed by atoms with Crippen molar-refractivity contribution in [3.63, 3.8) is 0 Å². The van der Waals surface area contributed by atoms with E-state index in [-0.39, 0.29) is 11.9 Å². The van der Waals surface area contributed by atoms with E-state index in [2.05, 4.69) is 34.7 Å². The lowest BCUT2D eigenvalue weighted by molar-refractivity contribution is -0.115. The zero-order chi connectivity index (χ0) is 11.4. The third-order valence-corrected chi connectivity index (χ3v) is 3.64. The van der Waals surface area contributed by atoms with Crippen molar-refractivity contribution in [2.45, 2.75) is 25.6 Å². The first-order chi connectivity index (χ1) is 7.75. The molecule has 0 N–H and O–H groups in total. The summed E-state index contributed by atoms with van der Waals surface area (Å²) < 4.78 is 6.97. The van der Waals surface area contributed by atoms with Crippen molar-refractivity contribution in [2.75, 3.05) is 0 Å². The number of carbonyl (C=O) groups is 1. The van der Waals surface area contributed by atoms with Crippen LogP contribution in [0.15, 0.2) is 36.4 Å². The van der Waals surface area contributed by atoms with Gasteiger partial charge in [0.25, 0.3) is 0 Å². The van der Waals surface area contributed by atoms with Crippen LogP contribution in [0.3, 0.4) is 0 Å². The van der Waals surface area contributed by atoms with Gasteiger partial charge in [-0.3, -0.25) is 4.79 Å². The van der Waals surface area contributed by atoms with Crippen molar-refractivity contribution in [3.8, 4) is 0 Å². The predicted molar refractivity (Wildman–Crippen MR) is 71.1 cm³/mol. The highest BCUT2D eigenvalue weighted by atomic mass is 127. The molecule has 0 aromatic heterocycles. The summed E-state index contributed by atoms with van der Waals surface area (Å²) in [5.41, 5.74) is 1.20. The first-order valence-corrected chi connectivity index (χ1v) is 6.39. The van der Waals surface area contributed by atoms with Crippen molar-refractivity contribution in [3.05, 3.63) is 45.6 Å². The van der Waals surface area contributed by atoms with E-state index in [4.69, 9.17) is 4.74 Å². The quantitative estimate of drug-likeness (QED) is 0.797. The molecule has 0 radical (unpaired) electrons. The van der Waals surface area contributed by atoms with E-state index in [1.165, 1.54) is 9.13 Å². The average Bonchev–Trinajstić information content (AvgIpc) is 2.30. The Morgan fingerprint density at radius 2 is 2.19 bits per heavy atom. The molecule has 1 aliphatic carbocycles. The predicted octanol–water partition coefficient (Wildman–Crippen LogP) is 3.10. The molecule has 1 atom stereocenters. The van der Waals surface area contributed by atoms with Crippen molar-refractivity contribution in [2.24, 2.45) is 0 Å². The van der Waals surface area contributed by atoms with E-state index in [1.54, 1.807) is 6.08 Å². The van der Waals surface area contributed by atoms with Gasteiger partial charge in [-0.25, -0.2) is 0 Å². The van der Waals surface area contributed by atoms with Crippen LogP contribution in [-0.4, -0.2) is 11.9 Å². The van der Waals surface area contributed by atoms with Gasteiger partial charge in [0.05, 0.1) is 12.7 Å². The second kappa shape index (κ2) is 5.59. The summed E-state index contributed by atoms with van der Waals surface area (Å²) in [6.45, 7) is 0.613. The molecule has 2 rings (SSSR count). The molecule has 16 heavy (non-hydrogen) atoms. The molecule has 0 fully saturated rings. The molecule has 84 valence electrons. The molecular formula is C13H13IO2. The minimum absolute atomic E-state index is 0.0914. The number of ketones is 1. The maximum Gasteiger partial charge on any atom is 0.155 e. The van der Waals surface area contributed by atoms with Crippen molar-refractivity contribution >= 4 is 28.4 Å². The van der Waals surface area contributed by atoms with Gasteiger partial charge in [-0.05, 0) is 46.7 Å². The number of halogens is 1. The highest BCUT2D eigenvalue weighted by molar-refractivity contribution is 14.1. The third kappa shape index (κ3) is 3.15.